The van der Waals surface area contributed by atoms with Gasteiger partial charge in [-0.25, -0.2) is 0 Å². The van der Waals surface area contributed by atoms with Crippen LogP contribution in [0.15, 0.2) is 18.2 Å². The van der Waals surface area contributed by atoms with E-state index in [1.807, 2.05) is 25.1 Å². The van der Waals surface area contributed by atoms with Gasteiger partial charge in [0.1, 0.15) is 0 Å². The number of nitrogens with one attached hydrogen (secondary N) is 1. The molecule has 0 saturated heterocycles. The van der Waals surface area contributed by atoms with Crippen molar-refractivity contribution in [1.82, 2.24) is 4.98 Å². The van der Waals surface area contributed by atoms with Crippen molar-refractivity contribution in [3.8, 4) is 6.07 Å². The molecule has 0 radical (unpaired) electrons. The molecule has 2 nitrogen and oxygen atoms in total. The average Bonchev–Trinajstić information content (AvgIpc) is 2.45. The fraction of sp³-hybridized carbons (Fsp3) is 0.182. The molecule has 1 heterocycles. The normalized spacial score (nSPS) is 10.4. The quantitative estimate of drug-likeness (QED) is 0.762. The summed E-state index contributed by atoms with van der Waals surface area (Å²) in [6.45, 7) is 1.97. The molecule has 0 atom stereocenters. The molecular weight excluding hydrogens is 196 g/mol. The van der Waals surface area contributed by atoms with Crippen LogP contribution in [0.1, 0.15) is 11.3 Å². The van der Waals surface area contributed by atoms with Gasteiger partial charge < -0.3 is 4.98 Å². The largest absolute Gasteiger partial charge is 0.358 e. The Kier molecular flexibility index (Phi) is 2.18. The number of aromatic nitrogens is 1. The Morgan fingerprint density at radius 3 is 3.00 bits per heavy atom. The number of nitriles is 1. The van der Waals surface area contributed by atoms with E-state index in [2.05, 4.69) is 11.1 Å². The highest BCUT2D eigenvalue weighted by atomic mass is 35.5. The van der Waals surface area contributed by atoms with Crippen LogP contribution in [0.5, 0.6) is 0 Å². The second-order valence-electron chi connectivity index (χ2n) is 3.25. The lowest BCUT2D eigenvalue weighted by Gasteiger charge is -1.94. The number of rotatable bonds is 1. The van der Waals surface area contributed by atoms with Crippen molar-refractivity contribution in [3.05, 3.63) is 34.5 Å². The van der Waals surface area contributed by atoms with Gasteiger partial charge in [-0.15, -0.1) is 0 Å². The van der Waals surface area contributed by atoms with Crippen LogP contribution >= 0.6 is 11.6 Å². The number of hydrogen-bond donors (Lipinski definition) is 1. The molecule has 0 bridgehead atoms. The van der Waals surface area contributed by atoms with Crippen LogP contribution in [-0.4, -0.2) is 4.98 Å². The number of fused-ring (bicyclic) bond motifs is 1. The zero-order chi connectivity index (χ0) is 10.1. The first kappa shape index (κ1) is 9.11. The Hall–Kier alpha value is -1.46. The van der Waals surface area contributed by atoms with Gasteiger partial charge in [0.2, 0.25) is 0 Å². The van der Waals surface area contributed by atoms with Crippen LogP contribution in [-0.2, 0) is 6.42 Å². The average molecular weight is 205 g/mol. The molecule has 0 spiro atoms. The Bertz CT molecular complexity index is 520. The standard InChI is InChI=1S/C11H9ClN2/c1-7-9(4-5-13)10-6-8(12)2-3-11(10)14-7/h2-3,6,14H,4H2,1H3. The molecule has 1 N–H and O–H groups in total. The third kappa shape index (κ3) is 1.36. The van der Waals surface area contributed by atoms with Crippen molar-refractivity contribution >= 4 is 22.5 Å². The molecule has 2 aromatic rings. The monoisotopic (exact) mass is 204 g/mol. The Labute approximate surface area is 87.1 Å². The zero-order valence-corrected chi connectivity index (χ0v) is 8.52. The van der Waals surface area contributed by atoms with Crippen LogP contribution < -0.4 is 0 Å². The molecule has 0 aliphatic carbocycles. The van der Waals surface area contributed by atoms with Gasteiger partial charge in [0.15, 0.2) is 0 Å². The van der Waals surface area contributed by atoms with Gasteiger partial charge in [0.25, 0.3) is 0 Å². The van der Waals surface area contributed by atoms with E-state index in [0.29, 0.717) is 11.4 Å². The van der Waals surface area contributed by atoms with Crippen LogP contribution in [0.3, 0.4) is 0 Å². The summed E-state index contributed by atoms with van der Waals surface area (Å²) in [5.41, 5.74) is 3.13. The lowest BCUT2D eigenvalue weighted by Crippen LogP contribution is -1.82. The van der Waals surface area contributed by atoms with Gasteiger partial charge in [0, 0.05) is 21.6 Å². The molecule has 0 fully saturated rings. The lowest BCUT2D eigenvalue weighted by molar-refractivity contribution is 1.19. The first-order chi connectivity index (χ1) is 6.72. The van der Waals surface area contributed by atoms with Crippen molar-refractivity contribution in [3.63, 3.8) is 0 Å². The van der Waals surface area contributed by atoms with Crippen molar-refractivity contribution < 1.29 is 0 Å². The van der Waals surface area contributed by atoms with Crippen molar-refractivity contribution in [1.29, 1.82) is 5.26 Å². The smallest absolute Gasteiger partial charge is 0.0670 e. The molecule has 0 amide bonds. The van der Waals surface area contributed by atoms with Gasteiger partial charge >= 0.3 is 0 Å². The van der Waals surface area contributed by atoms with E-state index >= 15 is 0 Å². The third-order valence-corrected chi connectivity index (χ3v) is 2.57. The highest BCUT2D eigenvalue weighted by Gasteiger charge is 2.07. The summed E-state index contributed by atoms with van der Waals surface area (Å²) in [7, 11) is 0. The topological polar surface area (TPSA) is 39.6 Å². The predicted octanol–water partition coefficient (Wildman–Crippen LogP) is 3.20. The number of hydrogen-bond acceptors (Lipinski definition) is 1. The summed E-state index contributed by atoms with van der Waals surface area (Å²) in [5.74, 6) is 0. The first-order valence-electron chi connectivity index (χ1n) is 4.36. The van der Waals surface area contributed by atoms with Gasteiger partial charge in [-0.1, -0.05) is 11.6 Å². The Balaban J connectivity index is 2.74. The third-order valence-electron chi connectivity index (χ3n) is 2.34. The number of aryl methyl sites for hydroxylation is 1. The SMILES string of the molecule is Cc1[nH]c2ccc(Cl)cc2c1CC#N. The number of nitrogens with zero attached hydrogens (tertiary/aromatic N) is 1. The molecule has 2 rings (SSSR count). The number of halogens is 1. The van der Waals surface area contributed by atoms with E-state index in [-0.39, 0.29) is 0 Å². The predicted molar refractivity (Wildman–Crippen MR) is 57.4 cm³/mol. The van der Waals surface area contributed by atoms with Crippen molar-refractivity contribution in [2.75, 3.05) is 0 Å². The molecule has 70 valence electrons. The highest BCUT2D eigenvalue weighted by Crippen LogP contribution is 2.25. The molecule has 0 aliphatic rings. The summed E-state index contributed by atoms with van der Waals surface area (Å²) in [6, 6.07) is 7.83. The minimum Gasteiger partial charge on any atom is -0.358 e. The van der Waals surface area contributed by atoms with E-state index in [4.69, 9.17) is 16.9 Å². The maximum absolute atomic E-state index is 8.69. The molecule has 1 aromatic heterocycles. The second kappa shape index (κ2) is 3.36. The number of aromatic amines is 1. The van der Waals surface area contributed by atoms with Crippen LogP contribution in [0.2, 0.25) is 5.02 Å². The summed E-state index contributed by atoms with van der Waals surface area (Å²) >= 11 is 5.90. The molecular formula is C11H9ClN2. The molecule has 1 aromatic carbocycles. The van der Waals surface area contributed by atoms with E-state index < -0.39 is 0 Å². The lowest BCUT2D eigenvalue weighted by atomic mass is 10.1. The summed E-state index contributed by atoms with van der Waals surface area (Å²) in [5, 5.41) is 10.5. The molecule has 14 heavy (non-hydrogen) atoms. The summed E-state index contributed by atoms with van der Waals surface area (Å²) < 4.78 is 0. The van der Waals surface area contributed by atoms with E-state index in [0.717, 1.165) is 22.2 Å². The second-order valence-corrected chi connectivity index (χ2v) is 3.69. The number of benzene rings is 1. The fourth-order valence-electron chi connectivity index (χ4n) is 1.66. The van der Waals surface area contributed by atoms with Crippen LogP contribution in [0.4, 0.5) is 0 Å². The highest BCUT2D eigenvalue weighted by molar-refractivity contribution is 6.31. The van der Waals surface area contributed by atoms with E-state index in [1.54, 1.807) is 0 Å². The maximum Gasteiger partial charge on any atom is 0.0670 e. The molecule has 0 unspecified atom stereocenters. The van der Waals surface area contributed by atoms with Crippen molar-refractivity contribution in [2.45, 2.75) is 13.3 Å². The van der Waals surface area contributed by atoms with Gasteiger partial charge in [-0.3, -0.25) is 0 Å². The first-order valence-corrected chi connectivity index (χ1v) is 4.74. The van der Waals surface area contributed by atoms with Crippen LogP contribution in [0.25, 0.3) is 10.9 Å². The van der Waals surface area contributed by atoms with E-state index in [1.165, 1.54) is 0 Å². The van der Waals surface area contributed by atoms with Crippen molar-refractivity contribution in [2.24, 2.45) is 0 Å². The van der Waals surface area contributed by atoms with Gasteiger partial charge in [0.05, 0.1) is 12.5 Å². The minimum absolute atomic E-state index is 0.423. The number of H-pyrrole nitrogens is 1. The molecule has 0 saturated carbocycles. The summed E-state index contributed by atoms with van der Waals surface area (Å²) in [4.78, 5) is 3.23. The van der Waals surface area contributed by atoms with E-state index in [9.17, 15) is 0 Å². The zero-order valence-electron chi connectivity index (χ0n) is 7.76. The summed E-state index contributed by atoms with van der Waals surface area (Å²) in [6.07, 6.45) is 0.423. The Morgan fingerprint density at radius 2 is 2.29 bits per heavy atom. The maximum atomic E-state index is 8.69. The molecule has 3 heteroatoms. The minimum atomic E-state index is 0.423. The van der Waals surface area contributed by atoms with Crippen LogP contribution in [0, 0.1) is 18.3 Å². The molecule has 0 aliphatic heterocycles. The fourth-order valence-corrected chi connectivity index (χ4v) is 1.83. The van der Waals surface area contributed by atoms with Gasteiger partial charge in [-0.2, -0.15) is 5.26 Å². The van der Waals surface area contributed by atoms with Gasteiger partial charge in [-0.05, 0) is 30.7 Å². The Morgan fingerprint density at radius 1 is 1.50 bits per heavy atom.